The fraction of sp³-hybridized carbons (Fsp3) is 0. The first-order valence-electron chi connectivity index (χ1n) is 13.6. The molecule has 4 nitrogen and oxygen atoms in total. The summed E-state index contributed by atoms with van der Waals surface area (Å²) in [6.07, 6.45) is 0. The number of anilines is 1. The molecule has 0 aromatic heterocycles. The Hall–Kier alpha value is -5.18. The van der Waals surface area contributed by atoms with Gasteiger partial charge in [-0.2, -0.15) is 0 Å². The number of carbonyl (C=O) groups excluding carboxylic acids is 1. The molecular weight excluding hydrogens is 537 g/mol. The van der Waals surface area contributed by atoms with Crippen molar-refractivity contribution >= 4 is 40.1 Å². The Labute approximate surface area is 246 Å². The van der Waals surface area contributed by atoms with E-state index in [0.717, 1.165) is 0 Å². The summed E-state index contributed by atoms with van der Waals surface area (Å²) in [5, 5.41) is 29.1. The van der Waals surface area contributed by atoms with Gasteiger partial charge in [0.15, 0.2) is 0 Å². The monoisotopic (exact) mass is 567 g/mol. The number of hydrogen-bond acceptors (Lipinski definition) is 3. The number of rotatable bonds is 6. The minimum atomic E-state index is -2.04. The van der Waals surface area contributed by atoms with Gasteiger partial charge >= 0.3 is 0 Å². The van der Waals surface area contributed by atoms with Crippen molar-refractivity contribution in [2.45, 2.75) is 0 Å². The highest BCUT2D eigenvalue weighted by Gasteiger charge is 2.47. The normalized spacial score (nSPS) is 10.7. The van der Waals surface area contributed by atoms with E-state index in [1.54, 1.807) is 36.4 Å². The van der Waals surface area contributed by atoms with Gasteiger partial charge in [0.25, 0.3) is 5.91 Å². The van der Waals surface area contributed by atoms with Crippen molar-refractivity contribution in [3.8, 4) is 11.5 Å². The predicted molar refractivity (Wildman–Crippen MR) is 173 cm³/mol. The smallest absolute Gasteiger partial charge is 0.255 e. The summed E-state index contributed by atoms with van der Waals surface area (Å²) < 4.78 is 0. The molecule has 5 heteroatoms. The Kier molecular flexibility index (Phi) is 9.08. The molecular formula is C37H30NO3P. The molecule has 0 atom stereocenters. The fourth-order valence-corrected chi connectivity index (χ4v) is 9.14. The van der Waals surface area contributed by atoms with Crippen LogP contribution in [0.25, 0.3) is 0 Å². The largest absolute Gasteiger partial charge is 0.872 e. The minimum Gasteiger partial charge on any atom is -0.872 e. The third-order valence-corrected chi connectivity index (χ3v) is 11.1. The molecule has 42 heavy (non-hydrogen) atoms. The van der Waals surface area contributed by atoms with E-state index in [0.29, 0.717) is 11.4 Å². The fourth-order valence-electron chi connectivity index (χ4n) is 4.90. The van der Waals surface area contributed by atoms with E-state index in [1.807, 2.05) is 18.2 Å². The average Bonchev–Trinajstić information content (AvgIpc) is 3.05. The third kappa shape index (κ3) is 6.25. The summed E-state index contributed by atoms with van der Waals surface area (Å²) >= 11 is 0. The Morgan fingerprint density at radius 2 is 0.881 bits per heavy atom. The van der Waals surface area contributed by atoms with Crippen LogP contribution in [-0.2, 0) is 0 Å². The predicted octanol–water partition coefficient (Wildman–Crippen LogP) is 6.02. The number of nitrogens with one attached hydrogen (secondary N) is 1. The Morgan fingerprint density at radius 3 is 1.33 bits per heavy atom. The van der Waals surface area contributed by atoms with Crippen LogP contribution in [0.3, 0.4) is 0 Å². The molecule has 0 fully saturated rings. The zero-order valence-electron chi connectivity index (χ0n) is 22.9. The van der Waals surface area contributed by atoms with Gasteiger partial charge in [0, 0.05) is 11.3 Å². The first kappa shape index (κ1) is 28.4. The van der Waals surface area contributed by atoms with Gasteiger partial charge in [-0.1, -0.05) is 103 Å². The first-order valence-corrected chi connectivity index (χ1v) is 15.4. The molecule has 1 amide bonds. The van der Waals surface area contributed by atoms with Crippen LogP contribution < -0.4 is 31.6 Å². The molecule has 0 aliphatic heterocycles. The molecule has 0 aliphatic carbocycles. The molecule has 0 radical (unpaired) electrons. The maximum atomic E-state index is 11.7. The maximum absolute atomic E-state index is 11.7. The SMILES string of the molecule is O=C(Nc1ccccc1)c1ccccc1[O-].Oc1ccc([P+](c2ccccc2)(c2ccccc2)c2ccccc2)cc1. The first-order chi connectivity index (χ1) is 20.6. The van der Waals surface area contributed by atoms with Crippen LogP contribution in [0.2, 0.25) is 0 Å². The summed E-state index contributed by atoms with van der Waals surface area (Å²) in [6, 6.07) is 55.1. The van der Waals surface area contributed by atoms with Gasteiger partial charge in [0.05, 0.1) is 0 Å². The average molecular weight is 568 g/mol. The standard InChI is InChI=1S/C24H19OP.C13H11NO2/c25-20-16-18-24(19-17-20)26(21-10-4-1-5-11-21,22-12-6-2-7-13-22)23-14-8-3-9-15-23;15-12-9-5-4-8-11(12)13(16)14-10-6-2-1-3-7-10/h1-19H;1-9,15H,(H,14,16). The van der Waals surface area contributed by atoms with Crippen molar-refractivity contribution in [1.82, 2.24) is 0 Å². The van der Waals surface area contributed by atoms with Gasteiger partial charge in [0.2, 0.25) is 0 Å². The van der Waals surface area contributed by atoms with Crippen LogP contribution in [0.5, 0.6) is 11.5 Å². The number of phenols is 1. The third-order valence-electron chi connectivity index (χ3n) is 6.83. The van der Waals surface area contributed by atoms with E-state index in [4.69, 9.17) is 0 Å². The van der Waals surface area contributed by atoms with Crippen LogP contribution in [-0.4, -0.2) is 11.0 Å². The van der Waals surface area contributed by atoms with Gasteiger partial charge in [-0.3, -0.25) is 4.79 Å². The van der Waals surface area contributed by atoms with E-state index in [2.05, 4.69) is 108 Å². The number of hydrogen-bond donors (Lipinski definition) is 2. The summed E-state index contributed by atoms with van der Waals surface area (Å²) in [7, 11) is -2.04. The summed E-state index contributed by atoms with van der Waals surface area (Å²) in [4.78, 5) is 11.7. The molecule has 0 heterocycles. The molecule has 0 bridgehead atoms. The summed E-state index contributed by atoms with van der Waals surface area (Å²) in [5.74, 6) is -0.353. The zero-order valence-corrected chi connectivity index (χ0v) is 23.8. The lowest BCUT2D eigenvalue weighted by molar-refractivity contribution is -0.268. The van der Waals surface area contributed by atoms with Crippen molar-refractivity contribution in [3.05, 3.63) is 175 Å². The van der Waals surface area contributed by atoms with Gasteiger partial charge in [-0.15, -0.1) is 0 Å². The second kappa shape index (κ2) is 13.5. The van der Waals surface area contributed by atoms with Crippen LogP contribution in [0.15, 0.2) is 170 Å². The van der Waals surface area contributed by atoms with Crippen molar-refractivity contribution < 1.29 is 15.0 Å². The van der Waals surface area contributed by atoms with E-state index in [9.17, 15) is 15.0 Å². The molecule has 0 aliphatic rings. The van der Waals surface area contributed by atoms with Gasteiger partial charge in [-0.05, 0) is 72.8 Å². The van der Waals surface area contributed by atoms with Crippen LogP contribution in [0.1, 0.15) is 10.4 Å². The van der Waals surface area contributed by atoms with E-state index in [1.165, 1.54) is 33.4 Å². The second-order valence-corrected chi connectivity index (χ2v) is 12.9. The molecule has 6 rings (SSSR count). The summed E-state index contributed by atoms with van der Waals surface area (Å²) in [5.41, 5.74) is 0.835. The van der Waals surface area contributed by atoms with Crippen molar-refractivity contribution in [2.75, 3.05) is 5.32 Å². The van der Waals surface area contributed by atoms with Crippen LogP contribution in [0.4, 0.5) is 5.69 Å². The highest BCUT2D eigenvalue weighted by molar-refractivity contribution is 8.01. The highest BCUT2D eigenvalue weighted by atomic mass is 31.2. The van der Waals surface area contributed by atoms with Crippen LogP contribution >= 0.6 is 7.26 Å². The number of carbonyl (C=O) groups is 1. The van der Waals surface area contributed by atoms with Crippen molar-refractivity contribution in [3.63, 3.8) is 0 Å². The Morgan fingerprint density at radius 1 is 0.500 bits per heavy atom. The van der Waals surface area contributed by atoms with E-state index in [-0.39, 0.29) is 17.2 Å². The van der Waals surface area contributed by atoms with E-state index < -0.39 is 7.26 Å². The van der Waals surface area contributed by atoms with Gasteiger partial charge in [0.1, 0.15) is 34.2 Å². The van der Waals surface area contributed by atoms with Crippen molar-refractivity contribution in [2.24, 2.45) is 0 Å². The van der Waals surface area contributed by atoms with Crippen molar-refractivity contribution in [1.29, 1.82) is 0 Å². The number of phenolic OH excluding ortho intramolecular Hbond substituents is 1. The number of benzene rings is 6. The quantitative estimate of drug-likeness (QED) is 0.242. The lowest BCUT2D eigenvalue weighted by atomic mass is 10.2. The number of amides is 1. The highest BCUT2D eigenvalue weighted by Crippen LogP contribution is 2.54. The van der Waals surface area contributed by atoms with Gasteiger partial charge in [-0.25, -0.2) is 0 Å². The Balaban J connectivity index is 0.000000189. The molecule has 0 saturated carbocycles. The Bertz CT molecular complexity index is 1610. The number of para-hydroxylation sites is 2. The zero-order chi connectivity index (χ0) is 29.2. The molecule has 206 valence electrons. The second-order valence-electron chi connectivity index (χ2n) is 9.51. The maximum Gasteiger partial charge on any atom is 0.255 e. The molecule has 0 unspecified atom stereocenters. The molecule has 0 saturated heterocycles. The molecule has 6 aromatic carbocycles. The lowest BCUT2D eigenvalue weighted by Gasteiger charge is -2.27. The minimum absolute atomic E-state index is 0.159. The lowest BCUT2D eigenvalue weighted by Crippen LogP contribution is -2.38. The summed E-state index contributed by atoms with van der Waals surface area (Å²) in [6.45, 7) is 0. The van der Waals surface area contributed by atoms with Crippen LogP contribution in [0, 0.1) is 0 Å². The molecule has 2 N–H and O–H groups in total. The van der Waals surface area contributed by atoms with E-state index >= 15 is 0 Å². The number of aromatic hydroxyl groups is 1. The molecule has 0 spiro atoms. The van der Waals surface area contributed by atoms with Gasteiger partial charge < -0.3 is 15.5 Å². The topological polar surface area (TPSA) is 72.4 Å². The molecule has 6 aromatic rings.